The molecule has 0 heterocycles. The molecule has 0 fully saturated rings. The van der Waals surface area contributed by atoms with Gasteiger partial charge in [-0.15, -0.1) is 0 Å². The largest absolute Gasteiger partial charge is 0.465 e. The number of nitrogens with one attached hydrogen (secondary N) is 1. The van der Waals surface area contributed by atoms with Crippen LogP contribution in [0.4, 0.5) is 23.7 Å². The van der Waals surface area contributed by atoms with Gasteiger partial charge in [-0.2, -0.15) is 13.2 Å². The van der Waals surface area contributed by atoms with Crippen molar-refractivity contribution in [2.45, 2.75) is 12.6 Å². The molecular weight excluding hydrogens is 211 g/mol. The molecule has 0 aliphatic carbocycles. The molecule has 1 aromatic rings. The average Bonchev–Trinajstić information content (AvgIpc) is 2.05. The Balaban J connectivity index is 2.68. The lowest BCUT2D eigenvalue weighted by Crippen LogP contribution is -2.11. The Morgan fingerprint density at radius 2 is 1.80 bits per heavy atom. The predicted octanol–water partition coefficient (Wildman–Crippen LogP) is 2.88. The first-order valence-corrected chi connectivity index (χ1v) is 4.02. The van der Waals surface area contributed by atoms with Gasteiger partial charge in [0.25, 0.3) is 0 Å². The molecule has 1 rings (SSSR count). The summed E-state index contributed by atoms with van der Waals surface area (Å²) >= 11 is 0. The van der Waals surface area contributed by atoms with E-state index in [4.69, 9.17) is 5.11 Å². The molecule has 1 amide bonds. The number of halogens is 3. The van der Waals surface area contributed by atoms with Crippen molar-refractivity contribution >= 4 is 11.8 Å². The molecule has 0 aromatic heterocycles. The number of benzene rings is 1. The van der Waals surface area contributed by atoms with Gasteiger partial charge in [-0.25, -0.2) is 4.79 Å². The third-order valence-electron chi connectivity index (χ3n) is 1.61. The van der Waals surface area contributed by atoms with Crippen LogP contribution in [-0.2, 0) is 6.42 Å². The first-order valence-electron chi connectivity index (χ1n) is 4.02. The first-order chi connectivity index (χ1) is 6.87. The summed E-state index contributed by atoms with van der Waals surface area (Å²) in [5.74, 6) is 0. The summed E-state index contributed by atoms with van der Waals surface area (Å²) in [7, 11) is 0. The van der Waals surface area contributed by atoms with Gasteiger partial charge in [-0.1, -0.05) is 12.1 Å². The topological polar surface area (TPSA) is 49.3 Å². The molecule has 1 aromatic carbocycles. The molecule has 82 valence electrons. The molecule has 15 heavy (non-hydrogen) atoms. The molecule has 0 aliphatic heterocycles. The van der Waals surface area contributed by atoms with E-state index in [2.05, 4.69) is 0 Å². The SMILES string of the molecule is O=C(O)Nc1ccc(CC(F)(F)F)cc1. The van der Waals surface area contributed by atoms with Crippen molar-refractivity contribution in [2.24, 2.45) is 0 Å². The van der Waals surface area contributed by atoms with Gasteiger partial charge in [0.15, 0.2) is 0 Å². The van der Waals surface area contributed by atoms with E-state index >= 15 is 0 Å². The quantitative estimate of drug-likeness (QED) is 0.803. The Labute approximate surface area is 83.5 Å². The number of hydrogen-bond donors (Lipinski definition) is 2. The van der Waals surface area contributed by atoms with Crippen LogP contribution < -0.4 is 5.32 Å². The van der Waals surface area contributed by atoms with E-state index in [1.165, 1.54) is 24.3 Å². The molecule has 0 spiro atoms. The summed E-state index contributed by atoms with van der Waals surface area (Å²) in [5, 5.41) is 10.4. The Kier molecular flexibility index (Phi) is 3.18. The molecule has 0 unspecified atom stereocenters. The lowest BCUT2D eigenvalue weighted by Gasteiger charge is -2.06. The smallest absolute Gasteiger partial charge is 0.409 e. The lowest BCUT2D eigenvalue weighted by atomic mass is 10.1. The van der Waals surface area contributed by atoms with Crippen molar-refractivity contribution in [1.82, 2.24) is 0 Å². The molecule has 6 heteroatoms. The highest BCUT2D eigenvalue weighted by Gasteiger charge is 2.27. The fraction of sp³-hybridized carbons (Fsp3) is 0.222. The maximum atomic E-state index is 11.9. The van der Waals surface area contributed by atoms with Gasteiger partial charge in [0.2, 0.25) is 0 Å². The van der Waals surface area contributed by atoms with Crippen LogP contribution in [0.1, 0.15) is 5.56 Å². The molecule has 0 radical (unpaired) electrons. The highest BCUT2D eigenvalue weighted by Crippen LogP contribution is 2.22. The van der Waals surface area contributed by atoms with Crippen molar-refractivity contribution in [3.63, 3.8) is 0 Å². The van der Waals surface area contributed by atoms with Crippen LogP contribution in [-0.4, -0.2) is 17.4 Å². The van der Waals surface area contributed by atoms with Crippen molar-refractivity contribution in [2.75, 3.05) is 5.32 Å². The fourth-order valence-corrected chi connectivity index (χ4v) is 1.06. The number of amides is 1. The van der Waals surface area contributed by atoms with Crippen LogP contribution in [0, 0.1) is 0 Å². The molecule has 0 atom stereocenters. The maximum Gasteiger partial charge on any atom is 0.409 e. The summed E-state index contributed by atoms with van der Waals surface area (Å²) in [5.41, 5.74) is 0.340. The van der Waals surface area contributed by atoms with Crippen LogP contribution in [0.15, 0.2) is 24.3 Å². The van der Waals surface area contributed by atoms with E-state index in [1.54, 1.807) is 0 Å². The maximum absolute atomic E-state index is 11.9. The van der Waals surface area contributed by atoms with E-state index in [-0.39, 0.29) is 11.3 Å². The van der Waals surface area contributed by atoms with Crippen LogP contribution in [0.25, 0.3) is 0 Å². The Morgan fingerprint density at radius 3 is 2.20 bits per heavy atom. The van der Waals surface area contributed by atoms with Crippen LogP contribution in [0.3, 0.4) is 0 Å². The van der Waals surface area contributed by atoms with Crippen LogP contribution >= 0.6 is 0 Å². The van der Waals surface area contributed by atoms with E-state index in [0.717, 1.165) is 0 Å². The Morgan fingerprint density at radius 1 is 1.27 bits per heavy atom. The van der Waals surface area contributed by atoms with Crippen LogP contribution in [0.2, 0.25) is 0 Å². The van der Waals surface area contributed by atoms with E-state index < -0.39 is 18.7 Å². The molecule has 0 saturated carbocycles. The minimum absolute atomic E-state index is 0.0958. The van der Waals surface area contributed by atoms with Gasteiger partial charge < -0.3 is 5.11 Å². The lowest BCUT2D eigenvalue weighted by molar-refractivity contribution is -0.127. The minimum Gasteiger partial charge on any atom is -0.465 e. The third-order valence-corrected chi connectivity index (χ3v) is 1.61. The molecule has 2 N–H and O–H groups in total. The van der Waals surface area contributed by atoms with E-state index in [1.807, 2.05) is 5.32 Å². The zero-order valence-corrected chi connectivity index (χ0v) is 7.51. The summed E-state index contributed by atoms with van der Waals surface area (Å²) in [6.07, 6.45) is -6.51. The zero-order chi connectivity index (χ0) is 11.5. The summed E-state index contributed by atoms with van der Waals surface area (Å²) in [6.45, 7) is 0. The second-order valence-corrected chi connectivity index (χ2v) is 2.92. The van der Waals surface area contributed by atoms with Crippen molar-refractivity contribution < 1.29 is 23.1 Å². The minimum atomic E-state index is -4.25. The third kappa shape index (κ3) is 4.35. The van der Waals surface area contributed by atoms with Gasteiger partial charge in [0.05, 0.1) is 6.42 Å². The number of carboxylic acid groups (broad SMARTS) is 1. The summed E-state index contributed by atoms with van der Waals surface area (Å²) in [6, 6.07) is 5.04. The summed E-state index contributed by atoms with van der Waals surface area (Å²) in [4.78, 5) is 10.2. The fourth-order valence-electron chi connectivity index (χ4n) is 1.06. The number of alkyl halides is 3. The first kappa shape index (κ1) is 11.4. The normalized spacial score (nSPS) is 11.1. The second-order valence-electron chi connectivity index (χ2n) is 2.92. The van der Waals surface area contributed by atoms with E-state index in [0.29, 0.717) is 0 Å². The standard InChI is InChI=1S/C9H8F3NO2/c10-9(11,12)5-6-1-3-7(4-2-6)13-8(14)15/h1-4,13H,5H2,(H,14,15). The second kappa shape index (κ2) is 4.20. The number of anilines is 1. The highest BCUT2D eigenvalue weighted by molar-refractivity contribution is 5.82. The van der Waals surface area contributed by atoms with Gasteiger partial charge in [0, 0.05) is 5.69 Å². The van der Waals surface area contributed by atoms with Crippen molar-refractivity contribution in [1.29, 1.82) is 0 Å². The molecule has 0 aliphatic rings. The van der Waals surface area contributed by atoms with Gasteiger partial charge in [-0.05, 0) is 17.7 Å². The highest BCUT2D eigenvalue weighted by atomic mass is 19.4. The number of carbonyl (C=O) groups is 1. The monoisotopic (exact) mass is 219 g/mol. The average molecular weight is 219 g/mol. The molecule has 3 nitrogen and oxygen atoms in total. The van der Waals surface area contributed by atoms with Gasteiger partial charge in [-0.3, -0.25) is 5.32 Å². The van der Waals surface area contributed by atoms with E-state index in [9.17, 15) is 18.0 Å². The van der Waals surface area contributed by atoms with Crippen molar-refractivity contribution in [3.05, 3.63) is 29.8 Å². The van der Waals surface area contributed by atoms with Crippen molar-refractivity contribution in [3.8, 4) is 0 Å². The number of hydrogen-bond acceptors (Lipinski definition) is 1. The molecule has 0 saturated heterocycles. The zero-order valence-electron chi connectivity index (χ0n) is 7.51. The molecule has 0 bridgehead atoms. The van der Waals surface area contributed by atoms with Gasteiger partial charge >= 0.3 is 12.3 Å². The molecular formula is C9H8F3NO2. The Hall–Kier alpha value is -1.72. The Bertz CT molecular complexity index is 345. The van der Waals surface area contributed by atoms with Crippen LogP contribution in [0.5, 0.6) is 0 Å². The number of rotatable bonds is 2. The van der Waals surface area contributed by atoms with Gasteiger partial charge in [0.1, 0.15) is 0 Å². The predicted molar refractivity (Wildman–Crippen MR) is 47.8 cm³/mol. The summed E-state index contributed by atoms with van der Waals surface area (Å²) < 4.78 is 35.8.